The molecule has 0 heterocycles. The third-order valence-corrected chi connectivity index (χ3v) is 4.20. The zero-order valence-corrected chi connectivity index (χ0v) is 9.10. The van der Waals surface area contributed by atoms with Gasteiger partial charge in [-0.3, -0.25) is 0 Å². The summed E-state index contributed by atoms with van der Waals surface area (Å²) in [7, 11) is 0. The van der Waals surface area contributed by atoms with Crippen molar-refractivity contribution < 1.29 is 0 Å². The number of fused-ring (bicyclic) bond motifs is 1. The Morgan fingerprint density at radius 2 is 1.73 bits per heavy atom. The quantitative estimate of drug-likeness (QED) is 0.799. The largest absolute Gasteiger partial charge is 0.327 e. The Bertz CT molecular complexity index is 322. The average molecular weight is 201 g/mol. The molecule has 2 N–H and O–H groups in total. The van der Waals surface area contributed by atoms with E-state index >= 15 is 0 Å². The number of rotatable bonds is 3. The summed E-state index contributed by atoms with van der Waals surface area (Å²) in [6.07, 6.45) is 5.36. The molecule has 1 aromatic rings. The van der Waals surface area contributed by atoms with E-state index in [0.29, 0.717) is 6.04 Å². The van der Waals surface area contributed by atoms with Gasteiger partial charge in [-0.15, -0.1) is 0 Å². The van der Waals surface area contributed by atoms with Gasteiger partial charge in [0.05, 0.1) is 0 Å². The molecule has 0 aromatic heterocycles. The molecule has 0 spiro atoms. The Balaban J connectivity index is 1.59. The first-order valence-electron chi connectivity index (χ1n) is 6.12. The first kappa shape index (κ1) is 9.41. The SMILES string of the molecule is NC(Cc1ccccc1)C1CC2CC2C1. The maximum absolute atomic E-state index is 6.29. The van der Waals surface area contributed by atoms with Crippen LogP contribution in [0.3, 0.4) is 0 Å². The maximum Gasteiger partial charge on any atom is 0.0108 e. The molecule has 3 atom stereocenters. The lowest BCUT2D eigenvalue weighted by Gasteiger charge is -2.20. The predicted octanol–water partition coefficient (Wildman–Crippen LogP) is 2.60. The Morgan fingerprint density at radius 1 is 1.07 bits per heavy atom. The molecule has 15 heavy (non-hydrogen) atoms. The molecule has 2 aliphatic carbocycles. The summed E-state index contributed by atoms with van der Waals surface area (Å²) in [5, 5.41) is 0. The van der Waals surface area contributed by atoms with Crippen molar-refractivity contribution in [2.45, 2.75) is 31.7 Å². The van der Waals surface area contributed by atoms with E-state index in [1.54, 1.807) is 0 Å². The molecule has 0 aliphatic heterocycles. The fourth-order valence-corrected chi connectivity index (χ4v) is 3.16. The molecule has 2 saturated carbocycles. The molecule has 80 valence electrons. The number of nitrogens with two attached hydrogens (primary N) is 1. The number of hydrogen-bond acceptors (Lipinski definition) is 1. The van der Waals surface area contributed by atoms with Gasteiger partial charge in [-0.2, -0.15) is 0 Å². The van der Waals surface area contributed by atoms with Gasteiger partial charge in [0.2, 0.25) is 0 Å². The molecular weight excluding hydrogens is 182 g/mol. The Morgan fingerprint density at radius 3 is 2.40 bits per heavy atom. The second kappa shape index (κ2) is 3.64. The molecule has 0 saturated heterocycles. The van der Waals surface area contributed by atoms with E-state index in [0.717, 1.165) is 24.2 Å². The fourth-order valence-electron chi connectivity index (χ4n) is 3.16. The second-order valence-corrected chi connectivity index (χ2v) is 5.34. The van der Waals surface area contributed by atoms with Crippen LogP contribution in [0.5, 0.6) is 0 Å². The standard InChI is InChI=1S/C14H19N/c15-14(6-10-4-2-1-3-5-10)13-8-11-7-12(11)9-13/h1-5,11-14H,6-9,15H2. The van der Waals surface area contributed by atoms with Gasteiger partial charge in [0.25, 0.3) is 0 Å². The van der Waals surface area contributed by atoms with Gasteiger partial charge in [0.1, 0.15) is 0 Å². The lowest BCUT2D eigenvalue weighted by Crippen LogP contribution is -2.31. The highest BCUT2D eigenvalue weighted by Gasteiger charge is 2.47. The van der Waals surface area contributed by atoms with Crippen LogP contribution < -0.4 is 5.73 Å². The third-order valence-electron chi connectivity index (χ3n) is 4.20. The molecule has 1 nitrogen and oxygen atoms in total. The van der Waals surface area contributed by atoms with Crippen molar-refractivity contribution in [2.75, 3.05) is 0 Å². The summed E-state index contributed by atoms with van der Waals surface area (Å²) in [4.78, 5) is 0. The maximum atomic E-state index is 6.29. The summed E-state index contributed by atoms with van der Waals surface area (Å²) in [6, 6.07) is 11.0. The molecule has 1 aromatic carbocycles. The van der Waals surface area contributed by atoms with Crippen LogP contribution in [0, 0.1) is 17.8 Å². The summed E-state index contributed by atoms with van der Waals surface area (Å²) >= 11 is 0. The van der Waals surface area contributed by atoms with Crippen LogP contribution in [0.2, 0.25) is 0 Å². The van der Waals surface area contributed by atoms with Gasteiger partial charge in [-0.1, -0.05) is 30.3 Å². The van der Waals surface area contributed by atoms with Crippen LogP contribution in [0.1, 0.15) is 24.8 Å². The summed E-state index contributed by atoms with van der Waals surface area (Å²) < 4.78 is 0. The van der Waals surface area contributed by atoms with Crippen LogP contribution in [0.25, 0.3) is 0 Å². The predicted molar refractivity (Wildman–Crippen MR) is 62.4 cm³/mol. The van der Waals surface area contributed by atoms with Crippen LogP contribution >= 0.6 is 0 Å². The van der Waals surface area contributed by atoms with E-state index in [4.69, 9.17) is 5.73 Å². The molecule has 2 fully saturated rings. The van der Waals surface area contributed by atoms with E-state index in [1.807, 2.05) is 0 Å². The van der Waals surface area contributed by atoms with Crippen molar-refractivity contribution in [3.8, 4) is 0 Å². The van der Waals surface area contributed by atoms with Crippen molar-refractivity contribution in [1.29, 1.82) is 0 Å². The van der Waals surface area contributed by atoms with Crippen LogP contribution in [-0.4, -0.2) is 6.04 Å². The molecule has 3 unspecified atom stereocenters. The molecule has 0 amide bonds. The molecule has 3 rings (SSSR count). The van der Waals surface area contributed by atoms with Crippen molar-refractivity contribution in [2.24, 2.45) is 23.5 Å². The lowest BCUT2D eigenvalue weighted by atomic mass is 9.90. The van der Waals surface area contributed by atoms with Crippen LogP contribution in [0.4, 0.5) is 0 Å². The Labute approximate surface area is 91.7 Å². The van der Waals surface area contributed by atoms with Gasteiger partial charge in [0, 0.05) is 6.04 Å². The van der Waals surface area contributed by atoms with E-state index in [-0.39, 0.29) is 0 Å². The van der Waals surface area contributed by atoms with Gasteiger partial charge in [0.15, 0.2) is 0 Å². The van der Waals surface area contributed by atoms with Gasteiger partial charge in [-0.05, 0) is 49.0 Å². The molecule has 1 heteroatoms. The number of hydrogen-bond donors (Lipinski definition) is 1. The summed E-state index contributed by atoms with van der Waals surface area (Å²) in [5.74, 6) is 2.91. The molecule has 0 bridgehead atoms. The lowest BCUT2D eigenvalue weighted by molar-refractivity contribution is 0.392. The molecular formula is C14H19N. The molecule has 0 radical (unpaired) electrons. The van der Waals surface area contributed by atoms with Crippen molar-refractivity contribution in [3.05, 3.63) is 35.9 Å². The topological polar surface area (TPSA) is 26.0 Å². The second-order valence-electron chi connectivity index (χ2n) is 5.34. The Hall–Kier alpha value is -0.820. The average Bonchev–Trinajstić information content (AvgIpc) is 2.87. The minimum Gasteiger partial charge on any atom is -0.327 e. The monoisotopic (exact) mass is 201 g/mol. The highest BCUT2D eigenvalue weighted by Crippen LogP contribution is 2.55. The Kier molecular flexibility index (Phi) is 2.28. The van der Waals surface area contributed by atoms with Gasteiger partial charge >= 0.3 is 0 Å². The normalized spacial score (nSPS) is 34.9. The minimum atomic E-state index is 0.389. The third kappa shape index (κ3) is 1.93. The summed E-state index contributed by atoms with van der Waals surface area (Å²) in [5.41, 5.74) is 7.69. The first-order valence-corrected chi connectivity index (χ1v) is 6.12. The summed E-state index contributed by atoms with van der Waals surface area (Å²) in [6.45, 7) is 0. The van der Waals surface area contributed by atoms with Crippen LogP contribution in [-0.2, 0) is 6.42 Å². The highest BCUT2D eigenvalue weighted by atomic mass is 14.7. The minimum absolute atomic E-state index is 0.389. The van der Waals surface area contributed by atoms with Crippen molar-refractivity contribution in [3.63, 3.8) is 0 Å². The first-order chi connectivity index (χ1) is 7.33. The number of benzene rings is 1. The zero-order valence-electron chi connectivity index (χ0n) is 9.10. The van der Waals surface area contributed by atoms with Crippen molar-refractivity contribution in [1.82, 2.24) is 0 Å². The fraction of sp³-hybridized carbons (Fsp3) is 0.571. The van der Waals surface area contributed by atoms with E-state index < -0.39 is 0 Å². The zero-order chi connectivity index (χ0) is 10.3. The van der Waals surface area contributed by atoms with E-state index in [2.05, 4.69) is 30.3 Å². The molecule has 2 aliphatic rings. The van der Waals surface area contributed by atoms with Gasteiger partial charge < -0.3 is 5.73 Å². The van der Waals surface area contributed by atoms with Crippen LogP contribution in [0.15, 0.2) is 30.3 Å². The highest BCUT2D eigenvalue weighted by molar-refractivity contribution is 5.16. The van der Waals surface area contributed by atoms with Gasteiger partial charge in [-0.25, -0.2) is 0 Å². The van der Waals surface area contributed by atoms with E-state index in [1.165, 1.54) is 24.8 Å². The van der Waals surface area contributed by atoms with E-state index in [9.17, 15) is 0 Å². The smallest absolute Gasteiger partial charge is 0.0108 e. The van der Waals surface area contributed by atoms with Crippen molar-refractivity contribution >= 4 is 0 Å².